The van der Waals surface area contributed by atoms with E-state index in [1.807, 2.05) is 11.7 Å². The largest absolute Gasteiger partial charge is 0.481 e. The van der Waals surface area contributed by atoms with Gasteiger partial charge in [0, 0.05) is 25.7 Å². The Morgan fingerprint density at radius 1 is 1.33 bits per heavy atom. The summed E-state index contributed by atoms with van der Waals surface area (Å²) in [6.45, 7) is 6.36. The first-order valence-corrected chi connectivity index (χ1v) is 8.12. The summed E-state index contributed by atoms with van der Waals surface area (Å²) in [5, 5.41) is 4.50. The van der Waals surface area contributed by atoms with Crippen molar-refractivity contribution in [3.63, 3.8) is 0 Å². The van der Waals surface area contributed by atoms with Crippen molar-refractivity contribution in [2.75, 3.05) is 13.7 Å². The predicted octanol–water partition coefficient (Wildman–Crippen LogP) is 2.22. The molecule has 1 fully saturated rings. The second kappa shape index (κ2) is 7.27. The lowest BCUT2D eigenvalue weighted by atomic mass is 9.90. The fourth-order valence-electron chi connectivity index (χ4n) is 3.47. The van der Waals surface area contributed by atoms with Crippen LogP contribution in [0.5, 0.6) is 5.88 Å². The van der Waals surface area contributed by atoms with Gasteiger partial charge in [-0.2, -0.15) is 5.10 Å². The van der Waals surface area contributed by atoms with Crippen LogP contribution in [0, 0.1) is 6.92 Å². The van der Waals surface area contributed by atoms with Gasteiger partial charge in [0.05, 0.1) is 18.4 Å². The van der Waals surface area contributed by atoms with E-state index in [4.69, 9.17) is 10.5 Å². The Morgan fingerprint density at radius 3 is 2.57 bits per heavy atom. The van der Waals surface area contributed by atoms with Crippen LogP contribution in [0.3, 0.4) is 0 Å². The molecule has 0 radical (unpaired) electrons. The lowest BCUT2D eigenvalue weighted by molar-refractivity contribution is 0.140. The van der Waals surface area contributed by atoms with Gasteiger partial charge in [-0.1, -0.05) is 6.92 Å². The molecule has 5 nitrogen and oxygen atoms in total. The first kappa shape index (κ1) is 16.3. The lowest BCUT2D eigenvalue weighted by Gasteiger charge is -2.36. The average molecular weight is 294 g/mol. The van der Waals surface area contributed by atoms with Gasteiger partial charge in [-0.3, -0.25) is 4.90 Å². The van der Waals surface area contributed by atoms with Gasteiger partial charge in [0.2, 0.25) is 5.88 Å². The summed E-state index contributed by atoms with van der Waals surface area (Å²) >= 11 is 0. The molecule has 0 unspecified atom stereocenters. The first-order chi connectivity index (χ1) is 10.1. The third-order valence-electron chi connectivity index (χ3n) is 4.61. The summed E-state index contributed by atoms with van der Waals surface area (Å²) in [7, 11) is 3.67. The highest BCUT2D eigenvalue weighted by Gasteiger charge is 2.26. The molecule has 1 aliphatic rings. The molecule has 0 atom stereocenters. The number of aromatic nitrogens is 2. The number of nitrogens with zero attached hydrogens (tertiary/aromatic N) is 3. The van der Waals surface area contributed by atoms with Crippen LogP contribution in [0.15, 0.2) is 0 Å². The van der Waals surface area contributed by atoms with Gasteiger partial charge >= 0.3 is 0 Å². The molecule has 1 aromatic heterocycles. The van der Waals surface area contributed by atoms with Crippen molar-refractivity contribution in [2.45, 2.75) is 64.6 Å². The Morgan fingerprint density at radius 2 is 2.00 bits per heavy atom. The van der Waals surface area contributed by atoms with Crippen molar-refractivity contribution in [1.29, 1.82) is 0 Å². The maximum absolute atomic E-state index is 6.04. The van der Waals surface area contributed by atoms with E-state index >= 15 is 0 Å². The van der Waals surface area contributed by atoms with Crippen LogP contribution in [-0.2, 0) is 13.6 Å². The van der Waals surface area contributed by atoms with Crippen LogP contribution in [0.25, 0.3) is 0 Å². The number of ether oxygens (including phenoxy) is 1. The highest BCUT2D eigenvalue weighted by atomic mass is 16.5. The van der Waals surface area contributed by atoms with E-state index in [0.29, 0.717) is 12.1 Å². The summed E-state index contributed by atoms with van der Waals surface area (Å²) in [5.74, 6) is 0.890. The molecule has 2 rings (SSSR count). The summed E-state index contributed by atoms with van der Waals surface area (Å²) in [6, 6.07) is 1.05. The van der Waals surface area contributed by atoms with Gasteiger partial charge < -0.3 is 10.5 Å². The second-order valence-corrected chi connectivity index (χ2v) is 6.24. The van der Waals surface area contributed by atoms with Gasteiger partial charge in [-0.25, -0.2) is 4.68 Å². The SMILES string of the molecule is CCCN(Cc1c(C)nn(C)c1OC)C1CCC(N)CC1. The van der Waals surface area contributed by atoms with Crippen LogP contribution < -0.4 is 10.5 Å². The van der Waals surface area contributed by atoms with Crippen molar-refractivity contribution >= 4 is 0 Å². The summed E-state index contributed by atoms with van der Waals surface area (Å²) < 4.78 is 7.37. The van der Waals surface area contributed by atoms with Gasteiger partial charge in [0.15, 0.2) is 0 Å². The standard InChI is InChI=1S/C16H30N4O/c1-5-10-20(14-8-6-13(17)7-9-14)11-15-12(2)18-19(3)16(15)21-4/h13-14H,5-11,17H2,1-4H3. The smallest absolute Gasteiger partial charge is 0.216 e. The van der Waals surface area contributed by atoms with Gasteiger partial charge in [0.1, 0.15) is 0 Å². The number of hydrogen-bond acceptors (Lipinski definition) is 4. The van der Waals surface area contributed by atoms with Gasteiger partial charge in [-0.15, -0.1) is 0 Å². The van der Waals surface area contributed by atoms with Crippen molar-refractivity contribution < 1.29 is 4.74 Å². The van der Waals surface area contributed by atoms with E-state index < -0.39 is 0 Å². The Bertz CT molecular complexity index is 449. The molecule has 2 N–H and O–H groups in total. The lowest BCUT2D eigenvalue weighted by Crippen LogP contribution is -2.41. The van der Waals surface area contributed by atoms with E-state index in [1.165, 1.54) is 24.8 Å². The topological polar surface area (TPSA) is 56.3 Å². The average Bonchev–Trinajstić information content (AvgIpc) is 2.73. The normalized spacial score (nSPS) is 22.8. The number of rotatable bonds is 6. The highest BCUT2D eigenvalue weighted by Crippen LogP contribution is 2.28. The van der Waals surface area contributed by atoms with Crippen LogP contribution >= 0.6 is 0 Å². The quantitative estimate of drug-likeness (QED) is 0.874. The van der Waals surface area contributed by atoms with E-state index in [-0.39, 0.29) is 0 Å². The predicted molar refractivity (Wildman–Crippen MR) is 85.4 cm³/mol. The third-order valence-corrected chi connectivity index (χ3v) is 4.61. The van der Waals surface area contributed by atoms with Crippen LogP contribution in [0.1, 0.15) is 50.3 Å². The fraction of sp³-hybridized carbons (Fsp3) is 0.812. The van der Waals surface area contributed by atoms with E-state index in [9.17, 15) is 0 Å². The molecule has 0 spiro atoms. The molecule has 1 saturated carbocycles. The molecule has 1 aromatic rings. The van der Waals surface area contributed by atoms with E-state index in [0.717, 1.165) is 37.5 Å². The third kappa shape index (κ3) is 3.77. The van der Waals surface area contributed by atoms with Crippen molar-refractivity contribution in [2.24, 2.45) is 12.8 Å². The maximum Gasteiger partial charge on any atom is 0.216 e. The molecule has 120 valence electrons. The summed E-state index contributed by atoms with van der Waals surface area (Å²) in [4.78, 5) is 2.60. The fourth-order valence-corrected chi connectivity index (χ4v) is 3.47. The summed E-state index contributed by atoms with van der Waals surface area (Å²) in [5.41, 5.74) is 8.34. The first-order valence-electron chi connectivity index (χ1n) is 8.12. The van der Waals surface area contributed by atoms with Gasteiger partial charge in [0.25, 0.3) is 0 Å². The van der Waals surface area contributed by atoms with E-state index in [1.54, 1.807) is 7.11 Å². The molecular weight excluding hydrogens is 264 g/mol. The minimum Gasteiger partial charge on any atom is -0.481 e. The molecule has 5 heteroatoms. The molecule has 0 aromatic carbocycles. The molecule has 1 heterocycles. The number of nitrogens with two attached hydrogens (primary N) is 1. The Kier molecular flexibility index (Phi) is 5.65. The van der Waals surface area contributed by atoms with E-state index in [2.05, 4.69) is 23.8 Å². The monoisotopic (exact) mass is 294 g/mol. The zero-order valence-corrected chi connectivity index (χ0v) is 13.9. The van der Waals surface area contributed by atoms with Crippen molar-refractivity contribution in [3.8, 4) is 5.88 Å². The molecule has 1 aliphatic carbocycles. The van der Waals surface area contributed by atoms with Crippen molar-refractivity contribution in [3.05, 3.63) is 11.3 Å². The molecule has 21 heavy (non-hydrogen) atoms. The van der Waals surface area contributed by atoms with Gasteiger partial charge in [-0.05, 0) is 45.6 Å². The minimum absolute atomic E-state index is 0.402. The number of aryl methyl sites for hydroxylation is 2. The molecule has 0 bridgehead atoms. The Labute approximate surface area is 128 Å². The van der Waals surface area contributed by atoms with Crippen LogP contribution in [0.4, 0.5) is 0 Å². The zero-order valence-electron chi connectivity index (χ0n) is 13.9. The van der Waals surface area contributed by atoms with Crippen LogP contribution in [-0.4, -0.2) is 40.4 Å². The molecular formula is C16H30N4O. The Balaban J connectivity index is 2.12. The molecule has 0 amide bonds. The molecule has 0 saturated heterocycles. The highest BCUT2D eigenvalue weighted by molar-refractivity contribution is 5.30. The number of methoxy groups -OCH3 is 1. The number of hydrogen-bond donors (Lipinski definition) is 1. The zero-order chi connectivity index (χ0) is 15.4. The summed E-state index contributed by atoms with van der Waals surface area (Å²) in [6.07, 6.45) is 5.89. The van der Waals surface area contributed by atoms with Crippen molar-refractivity contribution in [1.82, 2.24) is 14.7 Å². The Hall–Kier alpha value is -1.07. The maximum atomic E-state index is 6.04. The van der Waals surface area contributed by atoms with Crippen LogP contribution in [0.2, 0.25) is 0 Å². The minimum atomic E-state index is 0.402. The second-order valence-electron chi connectivity index (χ2n) is 6.24. The molecule has 0 aliphatic heterocycles.